The molecule has 1 aromatic rings. The quantitative estimate of drug-likeness (QED) is 0.887. The van der Waals surface area contributed by atoms with Gasteiger partial charge in [0.2, 0.25) is 5.91 Å². The number of aliphatic hydroxyl groups is 1. The van der Waals surface area contributed by atoms with Crippen molar-refractivity contribution in [3.05, 3.63) is 29.8 Å². The highest BCUT2D eigenvalue weighted by molar-refractivity contribution is 5.97. The lowest BCUT2D eigenvalue weighted by Gasteiger charge is -2.31. The summed E-state index contributed by atoms with van der Waals surface area (Å²) in [4.78, 5) is 16.7. The van der Waals surface area contributed by atoms with Gasteiger partial charge in [-0.1, -0.05) is 18.2 Å². The van der Waals surface area contributed by atoms with Crippen LogP contribution in [0.5, 0.6) is 0 Å². The first-order chi connectivity index (χ1) is 9.65. The van der Waals surface area contributed by atoms with Crippen LogP contribution >= 0.6 is 0 Å². The van der Waals surface area contributed by atoms with Crippen LogP contribution in [0.1, 0.15) is 25.3 Å². The van der Waals surface area contributed by atoms with E-state index < -0.39 is 0 Å². The number of para-hydroxylation sites is 1. The molecule has 1 amide bonds. The highest BCUT2D eigenvalue weighted by atomic mass is 16.3. The maximum absolute atomic E-state index is 12.6. The molecule has 108 valence electrons. The average Bonchev–Trinajstić information content (AvgIpc) is 2.77. The fraction of sp³-hybridized carbons (Fsp3) is 0.562. The minimum atomic E-state index is -0.187. The van der Waals surface area contributed by atoms with Crippen molar-refractivity contribution in [3.8, 4) is 0 Å². The van der Waals surface area contributed by atoms with E-state index in [1.165, 1.54) is 5.56 Å². The predicted octanol–water partition coefficient (Wildman–Crippen LogP) is 1.42. The highest BCUT2D eigenvalue weighted by Crippen LogP contribution is 2.31. The molecule has 4 heteroatoms. The van der Waals surface area contributed by atoms with E-state index in [0.717, 1.165) is 38.0 Å². The van der Waals surface area contributed by atoms with E-state index in [4.69, 9.17) is 0 Å². The number of likely N-dealkylation sites (tertiary alicyclic amines) is 1. The Balaban J connectivity index is 1.68. The summed E-state index contributed by atoms with van der Waals surface area (Å²) in [5.41, 5.74) is 2.34. The van der Waals surface area contributed by atoms with E-state index in [1.807, 2.05) is 23.1 Å². The van der Waals surface area contributed by atoms with Gasteiger partial charge in [-0.2, -0.15) is 0 Å². The molecular formula is C16H22N2O2. The van der Waals surface area contributed by atoms with Gasteiger partial charge in [-0.05, 0) is 37.8 Å². The van der Waals surface area contributed by atoms with E-state index in [-0.39, 0.29) is 18.1 Å². The first-order valence-electron chi connectivity index (χ1n) is 7.45. The Bertz CT molecular complexity index is 495. The lowest BCUT2D eigenvalue weighted by Crippen LogP contribution is -2.46. The fourth-order valence-electron chi connectivity index (χ4n) is 3.29. The number of carbonyl (C=O) groups excluding carboxylic acids is 1. The van der Waals surface area contributed by atoms with Gasteiger partial charge in [0.1, 0.15) is 0 Å². The lowest BCUT2D eigenvalue weighted by molar-refractivity contribution is -0.120. The molecule has 20 heavy (non-hydrogen) atoms. The molecule has 0 bridgehead atoms. The maximum Gasteiger partial charge on any atom is 0.241 e. The topological polar surface area (TPSA) is 43.8 Å². The molecule has 1 saturated heterocycles. The lowest BCUT2D eigenvalue weighted by atomic mass is 10.1. The van der Waals surface area contributed by atoms with Crippen LogP contribution in [0, 0.1) is 0 Å². The van der Waals surface area contributed by atoms with E-state index in [2.05, 4.69) is 17.9 Å². The Hall–Kier alpha value is -1.39. The third kappa shape index (κ3) is 2.58. The van der Waals surface area contributed by atoms with Crippen LogP contribution in [-0.2, 0) is 11.2 Å². The summed E-state index contributed by atoms with van der Waals surface area (Å²) in [5.74, 6) is 0.179. The summed E-state index contributed by atoms with van der Waals surface area (Å²) in [6.45, 7) is 4.21. The molecule has 2 aliphatic rings. The number of aliphatic hydroxyl groups excluding tert-OH is 1. The van der Waals surface area contributed by atoms with Gasteiger partial charge < -0.3 is 10.0 Å². The molecule has 1 unspecified atom stereocenters. The van der Waals surface area contributed by atoms with Crippen LogP contribution in [0.4, 0.5) is 5.69 Å². The molecule has 0 aliphatic carbocycles. The summed E-state index contributed by atoms with van der Waals surface area (Å²) >= 11 is 0. The van der Waals surface area contributed by atoms with Crippen molar-refractivity contribution in [3.63, 3.8) is 0 Å². The Kier molecular flexibility index (Phi) is 3.76. The zero-order valence-corrected chi connectivity index (χ0v) is 12.0. The van der Waals surface area contributed by atoms with Crippen molar-refractivity contribution in [2.75, 3.05) is 24.5 Å². The van der Waals surface area contributed by atoms with Crippen molar-refractivity contribution in [2.45, 2.75) is 38.3 Å². The third-order valence-corrected chi connectivity index (χ3v) is 4.39. The monoisotopic (exact) mass is 274 g/mol. The van der Waals surface area contributed by atoms with Gasteiger partial charge in [-0.15, -0.1) is 0 Å². The minimum Gasteiger partial charge on any atom is -0.393 e. The number of hydrogen-bond acceptors (Lipinski definition) is 3. The van der Waals surface area contributed by atoms with Crippen molar-refractivity contribution in [1.82, 2.24) is 4.90 Å². The number of fused-ring (bicyclic) bond motifs is 1. The van der Waals surface area contributed by atoms with Crippen LogP contribution in [0.25, 0.3) is 0 Å². The number of hydrogen-bond donors (Lipinski definition) is 1. The zero-order valence-electron chi connectivity index (χ0n) is 12.0. The van der Waals surface area contributed by atoms with E-state index in [0.29, 0.717) is 6.54 Å². The number of piperidine rings is 1. The van der Waals surface area contributed by atoms with Crippen LogP contribution in [0.15, 0.2) is 24.3 Å². The molecule has 1 atom stereocenters. The standard InChI is InChI=1S/C16H22N2O2/c1-12-10-13-4-2-3-5-15(13)18(12)16(20)11-17-8-6-14(19)7-9-17/h2-5,12,14,19H,6-11H2,1H3. The largest absolute Gasteiger partial charge is 0.393 e. The molecule has 2 aliphatic heterocycles. The number of benzene rings is 1. The molecule has 0 spiro atoms. The van der Waals surface area contributed by atoms with Gasteiger partial charge in [0.25, 0.3) is 0 Å². The number of anilines is 1. The number of nitrogens with zero attached hydrogens (tertiary/aromatic N) is 2. The second-order valence-corrected chi connectivity index (χ2v) is 5.95. The second kappa shape index (κ2) is 5.54. The van der Waals surface area contributed by atoms with Crippen LogP contribution in [0.3, 0.4) is 0 Å². The van der Waals surface area contributed by atoms with Gasteiger partial charge in [0.05, 0.1) is 12.6 Å². The summed E-state index contributed by atoms with van der Waals surface area (Å²) in [6.07, 6.45) is 2.31. The molecule has 1 aromatic carbocycles. The number of carbonyl (C=O) groups is 1. The molecule has 1 N–H and O–H groups in total. The van der Waals surface area contributed by atoms with Crippen molar-refractivity contribution < 1.29 is 9.90 Å². The smallest absolute Gasteiger partial charge is 0.241 e. The highest BCUT2D eigenvalue weighted by Gasteiger charge is 2.31. The van der Waals surface area contributed by atoms with Crippen molar-refractivity contribution >= 4 is 11.6 Å². The van der Waals surface area contributed by atoms with Crippen LogP contribution in [-0.4, -0.2) is 47.7 Å². The van der Waals surface area contributed by atoms with Crippen LogP contribution in [0.2, 0.25) is 0 Å². The Morgan fingerprint density at radius 2 is 2.00 bits per heavy atom. The maximum atomic E-state index is 12.6. The van der Waals surface area contributed by atoms with Gasteiger partial charge in [0, 0.05) is 24.8 Å². The number of rotatable bonds is 2. The van der Waals surface area contributed by atoms with E-state index >= 15 is 0 Å². The Morgan fingerprint density at radius 3 is 2.75 bits per heavy atom. The van der Waals surface area contributed by atoms with Crippen molar-refractivity contribution in [2.24, 2.45) is 0 Å². The summed E-state index contributed by atoms with van der Waals surface area (Å²) in [5, 5.41) is 9.52. The summed E-state index contributed by atoms with van der Waals surface area (Å²) in [6, 6.07) is 8.42. The first kappa shape index (κ1) is 13.6. The van der Waals surface area contributed by atoms with Gasteiger partial charge in [-0.3, -0.25) is 9.69 Å². The van der Waals surface area contributed by atoms with Crippen LogP contribution < -0.4 is 4.90 Å². The predicted molar refractivity (Wildman–Crippen MR) is 78.8 cm³/mol. The molecule has 0 radical (unpaired) electrons. The molecular weight excluding hydrogens is 252 g/mol. The van der Waals surface area contributed by atoms with Gasteiger partial charge >= 0.3 is 0 Å². The molecule has 2 heterocycles. The van der Waals surface area contributed by atoms with E-state index in [1.54, 1.807) is 0 Å². The first-order valence-corrected chi connectivity index (χ1v) is 7.45. The molecule has 4 nitrogen and oxygen atoms in total. The zero-order chi connectivity index (χ0) is 14.1. The SMILES string of the molecule is CC1Cc2ccccc2N1C(=O)CN1CCC(O)CC1. The summed E-state index contributed by atoms with van der Waals surface area (Å²) < 4.78 is 0. The third-order valence-electron chi connectivity index (χ3n) is 4.39. The van der Waals surface area contributed by atoms with Crippen molar-refractivity contribution in [1.29, 1.82) is 0 Å². The van der Waals surface area contributed by atoms with E-state index in [9.17, 15) is 9.90 Å². The summed E-state index contributed by atoms with van der Waals surface area (Å²) in [7, 11) is 0. The molecule has 0 aromatic heterocycles. The Labute approximate surface area is 120 Å². The average molecular weight is 274 g/mol. The fourth-order valence-corrected chi connectivity index (χ4v) is 3.29. The second-order valence-electron chi connectivity index (χ2n) is 5.95. The van der Waals surface area contributed by atoms with Gasteiger partial charge in [0.15, 0.2) is 0 Å². The normalized spacial score (nSPS) is 23.9. The minimum absolute atomic E-state index is 0.179. The molecule has 1 fully saturated rings. The Morgan fingerprint density at radius 1 is 1.30 bits per heavy atom. The molecule has 3 rings (SSSR count). The number of amides is 1. The van der Waals surface area contributed by atoms with Gasteiger partial charge in [-0.25, -0.2) is 0 Å². The molecule has 0 saturated carbocycles.